The summed E-state index contributed by atoms with van der Waals surface area (Å²) in [5.74, 6) is 0.820. The van der Waals surface area contributed by atoms with Crippen LogP contribution in [0.2, 0.25) is 0 Å². The lowest BCUT2D eigenvalue weighted by Gasteiger charge is -2.33. The Labute approximate surface area is 147 Å². The quantitative estimate of drug-likeness (QED) is 0.895. The van der Waals surface area contributed by atoms with E-state index in [1.807, 2.05) is 38.1 Å². The Morgan fingerprint density at radius 2 is 2.16 bits per heavy atom. The lowest BCUT2D eigenvalue weighted by molar-refractivity contribution is 0.0931. The average Bonchev–Trinajstić information content (AvgIpc) is 2.62. The van der Waals surface area contributed by atoms with Crippen LogP contribution in [-0.2, 0) is 0 Å². The maximum Gasteiger partial charge on any atom is 0.261 e. The van der Waals surface area contributed by atoms with E-state index in [1.165, 1.54) is 0 Å². The molecular formula is C19H24N4O2. The SMILES string of the molecule is CC(C)c1ccc(C(=O)N[C@@H]2CCCN(c3ccccn3)C2)c(=O)[nH]1. The van der Waals surface area contributed by atoms with Crippen LogP contribution < -0.4 is 15.8 Å². The van der Waals surface area contributed by atoms with Crippen LogP contribution in [-0.4, -0.2) is 35.0 Å². The Bertz CT molecular complexity index is 786. The van der Waals surface area contributed by atoms with Gasteiger partial charge in [0, 0.05) is 31.0 Å². The molecule has 0 radical (unpaired) electrons. The number of nitrogens with one attached hydrogen (secondary N) is 2. The Balaban J connectivity index is 1.67. The van der Waals surface area contributed by atoms with Crippen molar-refractivity contribution in [1.29, 1.82) is 0 Å². The number of rotatable bonds is 4. The summed E-state index contributed by atoms with van der Waals surface area (Å²) in [6.07, 6.45) is 3.65. The summed E-state index contributed by atoms with van der Waals surface area (Å²) in [4.78, 5) is 34.0. The number of hydrogen-bond donors (Lipinski definition) is 2. The highest BCUT2D eigenvalue weighted by molar-refractivity contribution is 5.94. The first-order valence-electron chi connectivity index (χ1n) is 8.74. The number of anilines is 1. The molecule has 0 unspecified atom stereocenters. The van der Waals surface area contributed by atoms with Crippen molar-refractivity contribution in [3.8, 4) is 0 Å². The first-order chi connectivity index (χ1) is 12.0. The topological polar surface area (TPSA) is 78.1 Å². The fourth-order valence-corrected chi connectivity index (χ4v) is 3.11. The van der Waals surface area contributed by atoms with Crippen LogP contribution in [0.25, 0.3) is 0 Å². The standard InChI is InChI=1S/C19H24N4O2/c1-13(2)16-9-8-15(19(25)22-16)18(24)21-14-6-5-11-23(12-14)17-7-3-4-10-20-17/h3-4,7-10,13-14H,5-6,11-12H2,1-2H3,(H,21,24)(H,22,25)/t14-/m1/s1. The van der Waals surface area contributed by atoms with E-state index < -0.39 is 0 Å². The molecule has 25 heavy (non-hydrogen) atoms. The van der Waals surface area contributed by atoms with Gasteiger partial charge in [-0.15, -0.1) is 0 Å². The molecule has 2 N–H and O–H groups in total. The lowest BCUT2D eigenvalue weighted by Crippen LogP contribution is -2.48. The van der Waals surface area contributed by atoms with Gasteiger partial charge < -0.3 is 15.2 Å². The molecule has 1 atom stereocenters. The summed E-state index contributed by atoms with van der Waals surface area (Å²) in [5, 5.41) is 3.00. The number of hydrogen-bond acceptors (Lipinski definition) is 4. The van der Waals surface area contributed by atoms with Crippen molar-refractivity contribution in [2.45, 2.75) is 38.6 Å². The Hall–Kier alpha value is -2.63. The molecule has 1 aliphatic heterocycles. The highest BCUT2D eigenvalue weighted by atomic mass is 16.2. The van der Waals surface area contributed by atoms with Gasteiger partial charge in [-0.3, -0.25) is 9.59 Å². The van der Waals surface area contributed by atoms with Gasteiger partial charge in [0.05, 0.1) is 0 Å². The van der Waals surface area contributed by atoms with E-state index in [9.17, 15) is 9.59 Å². The molecule has 0 aliphatic carbocycles. The first kappa shape index (κ1) is 17.2. The smallest absolute Gasteiger partial charge is 0.261 e. The second-order valence-electron chi connectivity index (χ2n) is 6.76. The molecule has 2 aromatic rings. The predicted octanol–water partition coefficient (Wildman–Crippen LogP) is 2.29. The minimum absolute atomic E-state index is 0.00688. The largest absolute Gasteiger partial charge is 0.355 e. The maximum absolute atomic E-state index is 12.5. The molecule has 3 rings (SSSR count). The molecule has 132 valence electrons. The summed E-state index contributed by atoms with van der Waals surface area (Å²) in [6, 6.07) is 9.25. The molecule has 6 nitrogen and oxygen atoms in total. The van der Waals surface area contributed by atoms with Crippen LogP contribution in [0.4, 0.5) is 5.82 Å². The summed E-state index contributed by atoms with van der Waals surface area (Å²) >= 11 is 0. The number of H-pyrrole nitrogens is 1. The number of aromatic nitrogens is 2. The minimum atomic E-state index is -0.332. The van der Waals surface area contributed by atoms with Crippen molar-refractivity contribution in [1.82, 2.24) is 15.3 Å². The molecular weight excluding hydrogens is 316 g/mol. The van der Waals surface area contributed by atoms with Crippen LogP contribution in [0, 0.1) is 0 Å². The van der Waals surface area contributed by atoms with Crippen molar-refractivity contribution < 1.29 is 4.79 Å². The van der Waals surface area contributed by atoms with Gasteiger partial charge in [0.25, 0.3) is 11.5 Å². The number of nitrogens with zero attached hydrogens (tertiary/aromatic N) is 2. The van der Waals surface area contributed by atoms with E-state index in [-0.39, 0.29) is 29.0 Å². The molecule has 0 spiro atoms. The molecule has 0 bridgehead atoms. The third kappa shape index (κ3) is 4.07. The van der Waals surface area contributed by atoms with Crippen LogP contribution in [0.15, 0.2) is 41.3 Å². The van der Waals surface area contributed by atoms with Gasteiger partial charge in [-0.25, -0.2) is 4.98 Å². The van der Waals surface area contributed by atoms with Crippen LogP contribution in [0.3, 0.4) is 0 Å². The van der Waals surface area contributed by atoms with Crippen LogP contribution in [0.1, 0.15) is 48.7 Å². The van der Waals surface area contributed by atoms with Crippen molar-refractivity contribution in [3.63, 3.8) is 0 Å². The van der Waals surface area contributed by atoms with Crippen molar-refractivity contribution in [2.75, 3.05) is 18.0 Å². The zero-order chi connectivity index (χ0) is 17.8. The Morgan fingerprint density at radius 3 is 2.84 bits per heavy atom. The molecule has 1 fully saturated rings. The molecule has 1 aliphatic rings. The number of aromatic amines is 1. The van der Waals surface area contributed by atoms with Crippen molar-refractivity contribution >= 4 is 11.7 Å². The second kappa shape index (κ2) is 7.51. The average molecular weight is 340 g/mol. The lowest BCUT2D eigenvalue weighted by atomic mass is 10.0. The summed E-state index contributed by atoms with van der Waals surface area (Å²) in [7, 11) is 0. The first-order valence-corrected chi connectivity index (χ1v) is 8.74. The van der Waals surface area contributed by atoms with Crippen molar-refractivity contribution in [3.05, 3.63) is 58.1 Å². The van der Waals surface area contributed by atoms with E-state index in [1.54, 1.807) is 12.3 Å². The Kier molecular flexibility index (Phi) is 5.16. The third-order valence-electron chi connectivity index (χ3n) is 4.53. The summed E-state index contributed by atoms with van der Waals surface area (Å²) in [6.45, 7) is 5.62. The zero-order valence-electron chi connectivity index (χ0n) is 14.7. The normalized spacial score (nSPS) is 17.6. The summed E-state index contributed by atoms with van der Waals surface area (Å²) in [5.41, 5.74) is 0.668. The van der Waals surface area contributed by atoms with Crippen molar-refractivity contribution in [2.24, 2.45) is 0 Å². The second-order valence-corrected chi connectivity index (χ2v) is 6.76. The maximum atomic E-state index is 12.5. The highest BCUT2D eigenvalue weighted by Crippen LogP contribution is 2.17. The number of pyridine rings is 2. The molecule has 1 amide bonds. The van der Waals surface area contributed by atoms with Gasteiger partial charge in [0.1, 0.15) is 11.4 Å². The van der Waals surface area contributed by atoms with E-state index in [0.29, 0.717) is 6.54 Å². The number of carbonyl (C=O) groups is 1. The monoisotopic (exact) mass is 340 g/mol. The van der Waals surface area contributed by atoms with Gasteiger partial charge in [0.15, 0.2) is 0 Å². The highest BCUT2D eigenvalue weighted by Gasteiger charge is 2.23. The summed E-state index contributed by atoms with van der Waals surface area (Å²) < 4.78 is 0. The van der Waals surface area contributed by atoms with Gasteiger partial charge in [-0.05, 0) is 43.0 Å². The predicted molar refractivity (Wildman–Crippen MR) is 98.1 cm³/mol. The van der Waals surface area contributed by atoms with E-state index >= 15 is 0 Å². The zero-order valence-corrected chi connectivity index (χ0v) is 14.7. The molecule has 0 aromatic carbocycles. The molecule has 0 saturated carbocycles. The number of amides is 1. The fraction of sp³-hybridized carbons (Fsp3) is 0.421. The van der Waals surface area contributed by atoms with Gasteiger partial charge in [-0.2, -0.15) is 0 Å². The van der Waals surface area contributed by atoms with Gasteiger partial charge >= 0.3 is 0 Å². The Morgan fingerprint density at radius 1 is 1.32 bits per heavy atom. The van der Waals surface area contributed by atoms with Crippen LogP contribution in [0.5, 0.6) is 0 Å². The number of piperidine rings is 1. The van der Waals surface area contributed by atoms with Gasteiger partial charge in [-0.1, -0.05) is 19.9 Å². The third-order valence-corrected chi connectivity index (χ3v) is 4.53. The van der Waals surface area contributed by atoms with E-state index in [4.69, 9.17) is 0 Å². The number of carbonyl (C=O) groups excluding carboxylic acids is 1. The van der Waals surface area contributed by atoms with E-state index in [0.717, 1.165) is 30.9 Å². The van der Waals surface area contributed by atoms with Crippen LogP contribution >= 0.6 is 0 Å². The molecule has 3 heterocycles. The van der Waals surface area contributed by atoms with E-state index in [2.05, 4.69) is 20.2 Å². The fourth-order valence-electron chi connectivity index (χ4n) is 3.11. The molecule has 1 saturated heterocycles. The molecule has 2 aromatic heterocycles. The van der Waals surface area contributed by atoms with Gasteiger partial charge in [0.2, 0.25) is 0 Å². The minimum Gasteiger partial charge on any atom is -0.355 e. The molecule has 6 heteroatoms.